The van der Waals surface area contributed by atoms with Crippen molar-refractivity contribution in [2.45, 2.75) is 18.7 Å². The van der Waals surface area contributed by atoms with Crippen molar-refractivity contribution in [1.29, 1.82) is 0 Å². The predicted molar refractivity (Wildman–Crippen MR) is 56.3 cm³/mol. The molecule has 0 aliphatic rings. The Bertz CT molecular complexity index is 259. The van der Waals surface area contributed by atoms with E-state index in [2.05, 4.69) is 5.32 Å². The summed E-state index contributed by atoms with van der Waals surface area (Å²) in [6.45, 7) is 2.39. The van der Waals surface area contributed by atoms with E-state index in [1.807, 2.05) is 23.8 Å². The molecule has 1 heterocycles. The second-order valence-corrected chi connectivity index (χ2v) is 4.42. The molecule has 0 aliphatic heterocycles. The molecule has 0 aliphatic carbocycles. The van der Waals surface area contributed by atoms with Gasteiger partial charge in [0.25, 0.3) is 0 Å². The number of carbonyl (C=O) groups is 1. The highest BCUT2D eigenvalue weighted by atomic mass is 35.5. The second-order valence-electron chi connectivity index (χ2n) is 2.89. The molecule has 13 heavy (non-hydrogen) atoms. The Morgan fingerprint density at radius 1 is 1.77 bits per heavy atom. The molecule has 1 N–H and O–H groups in total. The van der Waals surface area contributed by atoms with Crippen LogP contribution in [0, 0.1) is 0 Å². The summed E-state index contributed by atoms with van der Waals surface area (Å²) in [5.74, 6) is 0.0332. The largest absolute Gasteiger partial charge is 0.354 e. The van der Waals surface area contributed by atoms with Gasteiger partial charge in [0.05, 0.1) is 6.42 Å². The van der Waals surface area contributed by atoms with Gasteiger partial charge in [-0.3, -0.25) is 4.79 Å². The lowest BCUT2D eigenvalue weighted by Crippen LogP contribution is -2.29. The molecule has 2 nitrogen and oxygen atoms in total. The van der Waals surface area contributed by atoms with Crippen molar-refractivity contribution >= 4 is 28.8 Å². The average molecular weight is 218 g/mol. The minimum Gasteiger partial charge on any atom is -0.354 e. The molecule has 0 fully saturated rings. The third-order valence-electron chi connectivity index (χ3n) is 1.53. The Morgan fingerprint density at radius 2 is 2.54 bits per heavy atom. The van der Waals surface area contributed by atoms with Crippen LogP contribution < -0.4 is 5.32 Å². The quantitative estimate of drug-likeness (QED) is 0.769. The molecule has 1 atom stereocenters. The van der Waals surface area contributed by atoms with Crippen LogP contribution in [0.5, 0.6) is 0 Å². The first-order valence-corrected chi connectivity index (χ1v) is 5.48. The monoisotopic (exact) mass is 217 g/mol. The zero-order valence-electron chi connectivity index (χ0n) is 7.42. The Kier molecular flexibility index (Phi) is 4.25. The van der Waals surface area contributed by atoms with E-state index < -0.39 is 0 Å². The maximum absolute atomic E-state index is 11.2. The molecule has 0 bridgehead atoms. The highest BCUT2D eigenvalue weighted by Crippen LogP contribution is 2.06. The van der Waals surface area contributed by atoms with Crippen LogP contribution in [-0.4, -0.2) is 17.8 Å². The zero-order valence-corrected chi connectivity index (χ0v) is 8.99. The van der Waals surface area contributed by atoms with Crippen LogP contribution in [0.25, 0.3) is 0 Å². The van der Waals surface area contributed by atoms with Crippen LogP contribution in [0.2, 0.25) is 0 Å². The summed E-state index contributed by atoms with van der Waals surface area (Å²) >= 11 is 7.29. The average Bonchev–Trinajstić information content (AvgIpc) is 2.53. The molecule has 72 valence electrons. The summed E-state index contributed by atoms with van der Waals surface area (Å²) in [7, 11) is 0. The molecule has 1 aromatic heterocycles. The topological polar surface area (TPSA) is 29.1 Å². The normalized spacial score (nSPS) is 12.5. The molecule has 1 amide bonds. The maximum Gasteiger partial charge on any atom is 0.224 e. The van der Waals surface area contributed by atoms with Gasteiger partial charge in [-0.15, -0.1) is 11.6 Å². The van der Waals surface area contributed by atoms with E-state index in [1.54, 1.807) is 11.3 Å². The van der Waals surface area contributed by atoms with Gasteiger partial charge < -0.3 is 5.32 Å². The summed E-state index contributed by atoms with van der Waals surface area (Å²) in [6, 6.07) is 1.95. The van der Waals surface area contributed by atoms with Crippen LogP contribution in [0.1, 0.15) is 12.5 Å². The number of rotatable bonds is 4. The zero-order chi connectivity index (χ0) is 9.68. The minimum absolute atomic E-state index is 0.00794. The van der Waals surface area contributed by atoms with E-state index in [0.29, 0.717) is 13.0 Å². The summed E-state index contributed by atoms with van der Waals surface area (Å²) in [5, 5.41) is 6.69. The number of alkyl halides is 1. The third kappa shape index (κ3) is 4.29. The lowest BCUT2D eigenvalue weighted by atomic mass is 10.2. The SMILES string of the molecule is CC(Cl)CNC(=O)Cc1ccsc1. The molecule has 0 radical (unpaired) electrons. The molecule has 0 saturated carbocycles. The minimum atomic E-state index is -0.00794. The number of amides is 1. The van der Waals surface area contributed by atoms with Gasteiger partial charge in [-0.05, 0) is 29.3 Å². The number of hydrogen-bond acceptors (Lipinski definition) is 2. The number of halogens is 1. The Morgan fingerprint density at radius 3 is 3.08 bits per heavy atom. The lowest BCUT2D eigenvalue weighted by Gasteiger charge is -2.04. The maximum atomic E-state index is 11.2. The Hall–Kier alpha value is -0.540. The fourth-order valence-corrected chi connectivity index (χ4v) is 1.64. The van der Waals surface area contributed by atoms with Crippen molar-refractivity contribution < 1.29 is 4.79 Å². The number of hydrogen-bond donors (Lipinski definition) is 1. The van der Waals surface area contributed by atoms with Crippen molar-refractivity contribution in [2.24, 2.45) is 0 Å². The molecule has 0 saturated heterocycles. The Labute approximate surface area is 86.9 Å². The fourth-order valence-electron chi connectivity index (χ4n) is 0.896. The molecule has 4 heteroatoms. The first-order chi connectivity index (χ1) is 6.18. The van der Waals surface area contributed by atoms with E-state index in [4.69, 9.17) is 11.6 Å². The van der Waals surface area contributed by atoms with E-state index in [0.717, 1.165) is 5.56 Å². The van der Waals surface area contributed by atoms with E-state index in [9.17, 15) is 4.79 Å². The van der Waals surface area contributed by atoms with Crippen molar-refractivity contribution in [3.05, 3.63) is 22.4 Å². The molecule has 0 spiro atoms. The predicted octanol–water partition coefficient (Wildman–Crippen LogP) is 2.03. The first kappa shape index (κ1) is 10.5. The van der Waals surface area contributed by atoms with E-state index in [1.165, 1.54) is 0 Å². The van der Waals surface area contributed by atoms with E-state index >= 15 is 0 Å². The number of nitrogens with one attached hydrogen (secondary N) is 1. The summed E-state index contributed by atoms with van der Waals surface area (Å²) in [4.78, 5) is 11.2. The second kappa shape index (κ2) is 5.25. The van der Waals surface area contributed by atoms with Crippen molar-refractivity contribution in [3.63, 3.8) is 0 Å². The molecule has 1 rings (SSSR count). The van der Waals surface area contributed by atoms with Gasteiger partial charge in [0.15, 0.2) is 0 Å². The highest BCUT2D eigenvalue weighted by molar-refractivity contribution is 7.07. The van der Waals surface area contributed by atoms with Crippen LogP contribution in [0.15, 0.2) is 16.8 Å². The smallest absolute Gasteiger partial charge is 0.224 e. The van der Waals surface area contributed by atoms with Crippen LogP contribution in [0.4, 0.5) is 0 Å². The molecular formula is C9H12ClNOS. The summed E-state index contributed by atoms with van der Waals surface area (Å²) in [5.41, 5.74) is 1.06. The van der Waals surface area contributed by atoms with Crippen LogP contribution >= 0.6 is 22.9 Å². The molecule has 0 aromatic carbocycles. The fraction of sp³-hybridized carbons (Fsp3) is 0.444. The van der Waals surface area contributed by atoms with Gasteiger partial charge >= 0.3 is 0 Å². The highest BCUT2D eigenvalue weighted by Gasteiger charge is 2.04. The van der Waals surface area contributed by atoms with Crippen molar-refractivity contribution in [2.75, 3.05) is 6.54 Å². The molecule has 1 aromatic rings. The van der Waals surface area contributed by atoms with Gasteiger partial charge in [-0.25, -0.2) is 0 Å². The molecule has 1 unspecified atom stereocenters. The lowest BCUT2D eigenvalue weighted by molar-refractivity contribution is -0.120. The van der Waals surface area contributed by atoms with E-state index in [-0.39, 0.29) is 11.3 Å². The van der Waals surface area contributed by atoms with Crippen molar-refractivity contribution in [1.82, 2.24) is 5.32 Å². The van der Waals surface area contributed by atoms with Gasteiger partial charge in [-0.1, -0.05) is 0 Å². The van der Waals surface area contributed by atoms with Crippen molar-refractivity contribution in [3.8, 4) is 0 Å². The molecular weight excluding hydrogens is 206 g/mol. The summed E-state index contributed by atoms with van der Waals surface area (Å²) in [6.07, 6.45) is 0.451. The number of thiophene rings is 1. The van der Waals surface area contributed by atoms with Crippen LogP contribution in [-0.2, 0) is 11.2 Å². The standard InChI is InChI=1S/C9H12ClNOS/c1-7(10)5-11-9(12)4-8-2-3-13-6-8/h2-3,6-7H,4-5H2,1H3,(H,11,12). The number of carbonyl (C=O) groups excluding carboxylic acids is 1. The van der Waals surface area contributed by atoms with Gasteiger partial charge in [-0.2, -0.15) is 11.3 Å². The van der Waals surface area contributed by atoms with Gasteiger partial charge in [0.2, 0.25) is 5.91 Å². The van der Waals surface area contributed by atoms with Gasteiger partial charge in [0.1, 0.15) is 0 Å². The van der Waals surface area contributed by atoms with Gasteiger partial charge in [0, 0.05) is 11.9 Å². The first-order valence-electron chi connectivity index (χ1n) is 4.10. The third-order valence-corrected chi connectivity index (χ3v) is 2.41. The van der Waals surface area contributed by atoms with Crippen LogP contribution in [0.3, 0.4) is 0 Å². The Balaban J connectivity index is 2.26. The summed E-state index contributed by atoms with van der Waals surface area (Å²) < 4.78 is 0.